The van der Waals surface area contributed by atoms with Gasteiger partial charge in [-0.05, 0) is 18.9 Å². The molecule has 1 aromatic heterocycles. The summed E-state index contributed by atoms with van der Waals surface area (Å²) in [7, 11) is -1.08. The van der Waals surface area contributed by atoms with E-state index in [0.29, 0.717) is 24.7 Å². The summed E-state index contributed by atoms with van der Waals surface area (Å²) in [6.45, 7) is 2.65. The SMILES string of the molecule is Cc1cccc(CNc2nncc(N(C)C3CCS(=O)(=O)C3)n2)c1. The van der Waals surface area contributed by atoms with Crippen molar-refractivity contribution in [2.45, 2.75) is 25.9 Å². The molecular formula is C16H21N5O2S. The van der Waals surface area contributed by atoms with E-state index in [1.165, 1.54) is 5.56 Å². The van der Waals surface area contributed by atoms with Gasteiger partial charge in [0.1, 0.15) is 0 Å². The van der Waals surface area contributed by atoms with Crippen LogP contribution in [0.5, 0.6) is 0 Å². The van der Waals surface area contributed by atoms with Crippen LogP contribution in [0.15, 0.2) is 30.5 Å². The van der Waals surface area contributed by atoms with Crippen molar-refractivity contribution < 1.29 is 8.42 Å². The Morgan fingerprint density at radius 1 is 1.38 bits per heavy atom. The monoisotopic (exact) mass is 347 g/mol. The number of hydrogen-bond acceptors (Lipinski definition) is 7. The maximum atomic E-state index is 11.6. The van der Waals surface area contributed by atoms with Crippen LogP contribution in [0, 0.1) is 6.92 Å². The van der Waals surface area contributed by atoms with Crippen LogP contribution in [0.2, 0.25) is 0 Å². The molecule has 1 atom stereocenters. The third-order valence-corrected chi connectivity index (χ3v) is 5.95. The summed E-state index contributed by atoms with van der Waals surface area (Å²) in [6.07, 6.45) is 2.18. The minimum Gasteiger partial charge on any atom is -0.354 e. The molecule has 1 aliphatic rings. The van der Waals surface area contributed by atoms with Crippen LogP contribution < -0.4 is 10.2 Å². The van der Waals surface area contributed by atoms with Gasteiger partial charge in [-0.25, -0.2) is 8.42 Å². The fourth-order valence-corrected chi connectivity index (χ4v) is 4.59. The Labute approximate surface area is 142 Å². The molecule has 1 aromatic carbocycles. The molecule has 3 rings (SSSR count). The first kappa shape index (κ1) is 16.6. The summed E-state index contributed by atoms with van der Waals surface area (Å²) in [5.41, 5.74) is 2.34. The first-order valence-electron chi connectivity index (χ1n) is 7.85. The summed E-state index contributed by atoms with van der Waals surface area (Å²) in [5, 5.41) is 11.1. The van der Waals surface area contributed by atoms with Crippen molar-refractivity contribution in [1.29, 1.82) is 0 Å². The van der Waals surface area contributed by atoms with E-state index < -0.39 is 9.84 Å². The summed E-state index contributed by atoms with van der Waals surface area (Å²) >= 11 is 0. The zero-order valence-electron chi connectivity index (χ0n) is 13.8. The van der Waals surface area contributed by atoms with Gasteiger partial charge in [-0.1, -0.05) is 29.8 Å². The van der Waals surface area contributed by atoms with Crippen molar-refractivity contribution in [2.24, 2.45) is 0 Å². The number of aryl methyl sites for hydroxylation is 1. The van der Waals surface area contributed by atoms with Crippen molar-refractivity contribution in [1.82, 2.24) is 15.2 Å². The summed E-state index contributed by atoms with van der Waals surface area (Å²) in [5.74, 6) is 1.46. The molecule has 128 valence electrons. The minimum absolute atomic E-state index is 0.0590. The second-order valence-electron chi connectivity index (χ2n) is 6.15. The molecular weight excluding hydrogens is 326 g/mol. The van der Waals surface area contributed by atoms with Crippen LogP contribution in [-0.4, -0.2) is 48.2 Å². The fourth-order valence-electron chi connectivity index (χ4n) is 2.81. The highest BCUT2D eigenvalue weighted by atomic mass is 32.2. The van der Waals surface area contributed by atoms with Crippen LogP contribution >= 0.6 is 0 Å². The maximum Gasteiger partial charge on any atom is 0.244 e. The van der Waals surface area contributed by atoms with E-state index in [-0.39, 0.29) is 17.5 Å². The zero-order valence-corrected chi connectivity index (χ0v) is 14.6. The topological polar surface area (TPSA) is 88.1 Å². The first-order chi connectivity index (χ1) is 11.4. The number of sulfone groups is 1. The van der Waals surface area contributed by atoms with Crippen molar-refractivity contribution in [3.05, 3.63) is 41.6 Å². The van der Waals surface area contributed by atoms with Crippen LogP contribution in [0.1, 0.15) is 17.5 Å². The van der Waals surface area contributed by atoms with Gasteiger partial charge in [0.2, 0.25) is 5.95 Å². The number of hydrogen-bond donors (Lipinski definition) is 1. The molecule has 1 aliphatic heterocycles. The van der Waals surface area contributed by atoms with Crippen molar-refractivity contribution >= 4 is 21.6 Å². The second kappa shape index (κ2) is 6.72. The standard InChI is InChI=1S/C16H21N5O2S/c1-12-4-3-5-13(8-12)9-17-16-19-15(10-18-20-16)21(2)14-6-7-24(22,23)11-14/h3-5,8,10,14H,6-7,9,11H2,1-2H3,(H,17,19,20). The van der Waals surface area contributed by atoms with Crippen LogP contribution in [0.3, 0.4) is 0 Å². The van der Waals surface area contributed by atoms with Gasteiger partial charge in [0.25, 0.3) is 0 Å². The first-order valence-corrected chi connectivity index (χ1v) is 9.67. The Bertz CT molecular complexity index is 825. The molecule has 2 heterocycles. The van der Waals surface area contributed by atoms with Gasteiger partial charge in [0, 0.05) is 19.6 Å². The molecule has 0 amide bonds. The molecule has 0 bridgehead atoms. The Morgan fingerprint density at radius 3 is 2.92 bits per heavy atom. The molecule has 1 fully saturated rings. The van der Waals surface area contributed by atoms with E-state index >= 15 is 0 Å². The lowest BCUT2D eigenvalue weighted by molar-refractivity contribution is 0.600. The molecule has 2 aromatic rings. The number of rotatable bonds is 5. The van der Waals surface area contributed by atoms with Gasteiger partial charge in [0.15, 0.2) is 15.7 Å². The van der Waals surface area contributed by atoms with Gasteiger partial charge < -0.3 is 10.2 Å². The zero-order chi connectivity index (χ0) is 17.2. The average Bonchev–Trinajstić information content (AvgIpc) is 2.93. The van der Waals surface area contributed by atoms with E-state index in [0.717, 1.165) is 5.56 Å². The number of anilines is 2. The predicted octanol–water partition coefficient (Wildman–Crippen LogP) is 1.42. The lowest BCUT2D eigenvalue weighted by atomic mass is 10.1. The molecule has 24 heavy (non-hydrogen) atoms. The Morgan fingerprint density at radius 2 is 2.21 bits per heavy atom. The molecule has 1 N–H and O–H groups in total. The third-order valence-electron chi connectivity index (χ3n) is 4.20. The number of benzene rings is 1. The van der Waals surface area contributed by atoms with Gasteiger partial charge in [0.05, 0.1) is 17.7 Å². The second-order valence-corrected chi connectivity index (χ2v) is 8.38. The molecule has 0 radical (unpaired) electrons. The van der Waals surface area contributed by atoms with Gasteiger partial charge in [-0.15, -0.1) is 5.10 Å². The molecule has 0 aliphatic carbocycles. The lowest BCUT2D eigenvalue weighted by Gasteiger charge is -2.24. The Kier molecular flexibility index (Phi) is 4.66. The molecule has 1 saturated heterocycles. The highest BCUT2D eigenvalue weighted by molar-refractivity contribution is 7.91. The van der Waals surface area contributed by atoms with Gasteiger partial charge >= 0.3 is 0 Å². The highest BCUT2D eigenvalue weighted by Crippen LogP contribution is 2.21. The van der Waals surface area contributed by atoms with Crippen molar-refractivity contribution in [3.63, 3.8) is 0 Å². The summed E-state index contributed by atoms with van der Waals surface area (Å²) in [4.78, 5) is 6.32. The molecule has 7 nitrogen and oxygen atoms in total. The van der Waals surface area contributed by atoms with E-state index in [1.807, 2.05) is 37.1 Å². The molecule has 0 saturated carbocycles. The minimum atomic E-state index is -2.93. The average molecular weight is 347 g/mol. The fraction of sp³-hybridized carbons (Fsp3) is 0.438. The maximum absolute atomic E-state index is 11.6. The lowest BCUT2D eigenvalue weighted by Crippen LogP contribution is -2.33. The third kappa shape index (κ3) is 4.00. The van der Waals surface area contributed by atoms with Gasteiger partial charge in [-0.3, -0.25) is 0 Å². The number of nitrogens with zero attached hydrogens (tertiary/aromatic N) is 4. The van der Waals surface area contributed by atoms with E-state index in [1.54, 1.807) is 6.20 Å². The summed E-state index contributed by atoms with van der Waals surface area (Å²) in [6, 6.07) is 8.13. The molecule has 1 unspecified atom stereocenters. The quantitative estimate of drug-likeness (QED) is 0.875. The van der Waals surface area contributed by atoms with Crippen molar-refractivity contribution in [2.75, 3.05) is 28.8 Å². The van der Waals surface area contributed by atoms with Crippen LogP contribution in [-0.2, 0) is 16.4 Å². The number of aromatic nitrogens is 3. The normalized spacial score (nSPS) is 19.2. The predicted molar refractivity (Wildman–Crippen MR) is 93.8 cm³/mol. The number of nitrogens with one attached hydrogen (secondary N) is 1. The largest absolute Gasteiger partial charge is 0.354 e. The van der Waals surface area contributed by atoms with E-state index in [9.17, 15) is 8.42 Å². The Hall–Kier alpha value is -2.22. The molecule has 8 heteroatoms. The van der Waals surface area contributed by atoms with Crippen LogP contribution in [0.4, 0.5) is 11.8 Å². The van der Waals surface area contributed by atoms with E-state index in [2.05, 4.69) is 26.6 Å². The van der Waals surface area contributed by atoms with Crippen molar-refractivity contribution in [3.8, 4) is 0 Å². The summed E-state index contributed by atoms with van der Waals surface area (Å²) < 4.78 is 23.3. The molecule has 0 spiro atoms. The smallest absolute Gasteiger partial charge is 0.244 e. The van der Waals surface area contributed by atoms with Crippen LogP contribution in [0.25, 0.3) is 0 Å². The Balaban J connectivity index is 1.67. The van der Waals surface area contributed by atoms with E-state index in [4.69, 9.17) is 0 Å². The highest BCUT2D eigenvalue weighted by Gasteiger charge is 2.31. The van der Waals surface area contributed by atoms with Gasteiger partial charge in [-0.2, -0.15) is 10.1 Å².